The van der Waals surface area contributed by atoms with Gasteiger partial charge in [0.05, 0.1) is 13.7 Å². The minimum absolute atomic E-state index is 0.195. The molecule has 0 amide bonds. The van der Waals surface area contributed by atoms with E-state index in [9.17, 15) is 4.79 Å². The summed E-state index contributed by atoms with van der Waals surface area (Å²) in [6.07, 6.45) is 3.25. The molecule has 0 radical (unpaired) electrons. The summed E-state index contributed by atoms with van der Waals surface area (Å²) in [6, 6.07) is 3.73. The van der Waals surface area contributed by atoms with Gasteiger partial charge in [0.1, 0.15) is 0 Å². The minimum Gasteiger partial charge on any atom is -0.493 e. The van der Waals surface area contributed by atoms with Crippen LogP contribution in [0.5, 0.6) is 11.5 Å². The van der Waals surface area contributed by atoms with E-state index in [2.05, 4.69) is 0 Å². The third-order valence-electron chi connectivity index (χ3n) is 3.08. The van der Waals surface area contributed by atoms with Gasteiger partial charge in [-0.05, 0) is 37.0 Å². The number of carbonyl (C=O) groups is 1. The van der Waals surface area contributed by atoms with Gasteiger partial charge in [0, 0.05) is 17.9 Å². The van der Waals surface area contributed by atoms with Crippen LogP contribution in [0, 0.1) is 0 Å². The van der Waals surface area contributed by atoms with Crippen molar-refractivity contribution in [2.75, 3.05) is 19.6 Å². The molecule has 0 bridgehead atoms. The summed E-state index contributed by atoms with van der Waals surface area (Å²) < 4.78 is 10.9. The normalized spacial score (nSPS) is 14.2. The standard InChI is InChI=1S/C14H17ClO3/c1-17-13-8-10-4-2-5-12(16)11(10)9-14(13)18-7-3-6-15/h8-9H,2-7H2,1H3. The molecule has 2 rings (SSSR count). The van der Waals surface area contributed by atoms with E-state index in [1.807, 2.05) is 12.1 Å². The Bertz CT molecular complexity index is 443. The zero-order chi connectivity index (χ0) is 13.0. The molecule has 3 nitrogen and oxygen atoms in total. The largest absolute Gasteiger partial charge is 0.493 e. The lowest BCUT2D eigenvalue weighted by atomic mass is 9.90. The second kappa shape index (κ2) is 6.10. The van der Waals surface area contributed by atoms with Crippen LogP contribution in [0.4, 0.5) is 0 Å². The second-order valence-electron chi connectivity index (χ2n) is 4.33. The number of aryl methyl sites for hydroxylation is 1. The van der Waals surface area contributed by atoms with Crippen LogP contribution in [-0.4, -0.2) is 25.4 Å². The fraction of sp³-hybridized carbons (Fsp3) is 0.500. The van der Waals surface area contributed by atoms with Crippen molar-refractivity contribution in [1.82, 2.24) is 0 Å². The summed E-state index contributed by atoms with van der Waals surface area (Å²) >= 11 is 5.61. The van der Waals surface area contributed by atoms with Crippen molar-refractivity contribution in [3.05, 3.63) is 23.3 Å². The minimum atomic E-state index is 0.195. The molecule has 0 spiro atoms. The van der Waals surface area contributed by atoms with Gasteiger partial charge in [-0.2, -0.15) is 0 Å². The number of hydrogen-bond acceptors (Lipinski definition) is 3. The van der Waals surface area contributed by atoms with Crippen molar-refractivity contribution in [3.63, 3.8) is 0 Å². The first-order valence-corrected chi connectivity index (χ1v) is 6.72. The monoisotopic (exact) mass is 268 g/mol. The van der Waals surface area contributed by atoms with Crippen molar-refractivity contribution in [3.8, 4) is 11.5 Å². The third-order valence-corrected chi connectivity index (χ3v) is 3.34. The maximum Gasteiger partial charge on any atom is 0.163 e. The first-order chi connectivity index (χ1) is 8.76. The summed E-state index contributed by atoms with van der Waals surface area (Å²) in [5.74, 6) is 2.09. The van der Waals surface area contributed by atoms with Crippen molar-refractivity contribution >= 4 is 17.4 Å². The average molecular weight is 269 g/mol. The van der Waals surface area contributed by atoms with Crippen molar-refractivity contribution < 1.29 is 14.3 Å². The van der Waals surface area contributed by atoms with Crippen LogP contribution in [0.2, 0.25) is 0 Å². The van der Waals surface area contributed by atoms with E-state index in [0.29, 0.717) is 30.4 Å². The lowest BCUT2D eigenvalue weighted by molar-refractivity contribution is 0.0972. The number of halogens is 1. The zero-order valence-electron chi connectivity index (χ0n) is 10.5. The van der Waals surface area contributed by atoms with E-state index in [-0.39, 0.29) is 5.78 Å². The first-order valence-electron chi connectivity index (χ1n) is 6.19. The molecule has 0 saturated carbocycles. The predicted octanol–water partition coefficient (Wildman–Crippen LogP) is 3.22. The molecule has 4 heteroatoms. The highest BCUT2D eigenvalue weighted by Crippen LogP contribution is 2.34. The van der Waals surface area contributed by atoms with Crippen molar-refractivity contribution in [2.24, 2.45) is 0 Å². The van der Waals surface area contributed by atoms with E-state index in [4.69, 9.17) is 21.1 Å². The summed E-state index contributed by atoms with van der Waals surface area (Å²) in [6.45, 7) is 0.535. The quantitative estimate of drug-likeness (QED) is 0.608. The fourth-order valence-electron chi connectivity index (χ4n) is 2.15. The number of methoxy groups -OCH3 is 1. The topological polar surface area (TPSA) is 35.5 Å². The van der Waals surface area contributed by atoms with Gasteiger partial charge in [-0.25, -0.2) is 0 Å². The van der Waals surface area contributed by atoms with Gasteiger partial charge >= 0.3 is 0 Å². The molecule has 18 heavy (non-hydrogen) atoms. The Kier molecular flexibility index (Phi) is 4.48. The molecule has 0 aromatic heterocycles. The van der Waals surface area contributed by atoms with Gasteiger partial charge in [0.15, 0.2) is 17.3 Å². The van der Waals surface area contributed by atoms with Crippen LogP contribution in [0.25, 0.3) is 0 Å². The molecule has 1 aromatic rings. The van der Waals surface area contributed by atoms with Crippen LogP contribution in [0.1, 0.15) is 35.2 Å². The van der Waals surface area contributed by atoms with Crippen LogP contribution >= 0.6 is 11.6 Å². The van der Waals surface area contributed by atoms with E-state index >= 15 is 0 Å². The molecule has 1 aliphatic carbocycles. The number of ether oxygens (including phenoxy) is 2. The summed E-state index contributed by atoms with van der Waals surface area (Å²) in [5, 5.41) is 0. The number of alkyl halides is 1. The van der Waals surface area contributed by atoms with Gasteiger partial charge in [-0.15, -0.1) is 11.6 Å². The Morgan fingerprint density at radius 2 is 2.11 bits per heavy atom. The Labute approximate surface area is 112 Å². The molecule has 1 aliphatic rings. The molecule has 0 aliphatic heterocycles. The van der Waals surface area contributed by atoms with E-state index in [1.54, 1.807) is 7.11 Å². The third kappa shape index (κ3) is 2.78. The highest BCUT2D eigenvalue weighted by Gasteiger charge is 2.20. The van der Waals surface area contributed by atoms with E-state index in [1.165, 1.54) is 0 Å². The molecular weight excluding hydrogens is 252 g/mol. The van der Waals surface area contributed by atoms with Gasteiger partial charge in [-0.3, -0.25) is 4.79 Å². The Morgan fingerprint density at radius 1 is 1.28 bits per heavy atom. The molecule has 0 heterocycles. The maximum atomic E-state index is 11.8. The Morgan fingerprint density at radius 3 is 2.83 bits per heavy atom. The zero-order valence-corrected chi connectivity index (χ0v) is 11.3. The maximum absolute atomic E-state index is 11.8. The summed E-state index contributed by atoms with van der Waals surface area (Å²) in [4.78, 5) is 11.8. The van der Waals surface area contributed by atoms with Crippen molar-refractivity contribution in [2.45, 2.75) is 25.7 Å². The smallest absolute Gasteiger partial charge is 0.163 e. The van der Waals surface area contributed by atoms with E-state index in [0.717, 1.165) is 30.4 Å². The lowest BCUT2D eigenvalue weighted by Crippen LogP contribution is -2.12. The number of ketones is 1. The highest BCUT2D eigenvalue weighted by molar-refractivity contribution is 6.17. The Hall–Kier alpha value is -1.22. The second-order valence-corrected chi connectivity index (χ2v) is 4.71. The molecule has 0 unspecified atom stereocenters. The number of rotatable bonds is 5. The van der Waals surface area contributed by atoms with Crippen LogP contribution < -0.4 is 9.47 Å². The van der Waals surface area contributed by atoms with Gasteiger partial charge < -0.3 is 9.47 Å². The number of Topliss-reactive ketones (excluding diaryl/α,β-unsaturated/α-hetero) is 1. The lowest BCUT2D eigenvalue weighted by Gasteiger charge is -2.18. The molecule has 0 N–H and O–H groups in total. The van der Waals surface area contributed by atoms with Gasteiger partial charge in [-0.1, -0.05) is 0 Å². The molecule has 0 saturated heterocycles. The fourth-order valence-corrected chi connectivity index (χ4v) is 2.26. The highest BCUT2D eigenvalue weighted by atomic mass is 35.5. The summed E-state index contributed by atoms with van der Waals surface area (Å²) in [5.41, 5.74) is 1.84. The average Bonchev–Trinajstić information content (AvgIpc) is 2.39. The predicted molar refractivity (Wildman–Crippen MR) is 71.1 cm³/mol. The SMILES string of the molecule is COc1cc2c(cc1OCCCCl)C(=O)CCC2. The van der Waals surface area contributed by atoms with Gasteiger partial charge in [0.25, 0.3) is 0 Å². The van der Waals surface area contributed by atoms with Crippen LogP contribution in [0.15, 0.2) is 12.1 Å². The van der Waals surface area contributed by atoms with Crippen LogP contribution in [0.3, 0.4) is 0 Å². The molecule has 98 valence electrons. The molecular formula is C14H17ClO3. The van der Waals surface area contributed by atoms with E-state index < -0.39 is 0 Å². The number of hydrogen-bond donors (Lipinski definition) is 0. The first kappa shape index (κ1) is 13.2. The molecule has 0 atom stereocenters. The van der Waals surface area contributed by atoms with Crippen molar-refractivity contribution in [1.29, 1.82) is 0 Å². The summed E-state index contributed by atoms with van der Waals surface area (Å²) in [7, 11) is 1.61. The number of fused-ring (bicyclic) bond motifs is 1. The molecule has 1 aromatic carbocycles. The van der Waals surface area contributed by atoms with Gasteiger partial charge in [0.2, 0.25) is 0 Å². The molecule has 0 fully saturated rings. The van der Waals surface area contributed by atoms with Crippen LogP contribution in [-0.2, 0) is 6.42 Å². The Balaban J connectivity index is 2.27. The number of benzene rings is 1. The number of carbonyl (C=O) groups excluding carboxylic acids is 1.